The van der Waals surface area contributed by atoms with Crippen LogP contribution in [0, 0.1) is 5.82 Å². The fourth-order valence-corrected chi connectivity index (χ4v) is 2.18. The zero-order valence-corrected chi connectivity index (χ0v) is 10.1. The Bertz CT molecular complexity index is 419. The molecular weight excluding hydrogens is 243 g/mol. The van der Waals surface area contributed by atoms with Crippen LogP contribution >= 0.6 is 11.6 Å². The zero-order chi connectivity index (χ0) is 12.3. The maximum atomic E-state index is 12.9. The van der Waals surface area contributed by atoms with Gasteiger partial charge in [-0.3, -0.25) is 0 Å². The van der Waals surface area contributed by atoms with Crippen LogP contribution in [0.4, 0.5) is 14.9 Å². The van der Waals surface area contributed by atoms with E-state index in [0.29, 0.717) is 5.69 Å². The van der Waals surface area contributed by atoms with E-state index in [2.05, 4.69) is 10.6 Å². The molecule has 0 heterocycles. The molecule has 0 unspecified atom stereocenters. The van der Waals surface area contributed by atoms with Crippen molar-refractivity contribution in [2.45, 2.75) is 31.7 Å². The van der Waals surface area contributed by atoms with E-state index in [9.17, 15) is 9.18 Å². The van der Waals surface area contributed by atoms with Crippen molar-refractivity contribution < 1.29 is 9.18 Å². The predicted molar refractivity (Wildman–Crippen MR) is 65.8 cm³/mol. The lowest BCUT2D eigenvalue weighted by atomic mass is 10.2. The summed E-state index contributed by atoms with van der Waals surface area (Å²) in [5.74, 6) is -0.492. The Kier molecular flexibility index (Phi) is 3.84. The molecule has 92 valence electrons. The summed E-state index contributed by atoms with van der Waals surface area (Å²) >= 11 is 5.62. The first kappa shape index (κ1) is 12.2. The Hall–Kier alpha value is -1.29. The topological polar surface area (TPSA) is 41.1 Å². The van der Waals surface area contributed by atoms with Gasteiger partial charge in [-0.05, 0) is 31.0 Å². The number of halogens is 2. The van der Waals surface area contributed by atoms with Crippen LogP contribution in [0.1, 0.15) is 25.7 Å². The molecule has 2 rings (SSSR count). The first-order chi connectivity index (χ1) is 8.15. The van der Waals surface area contributed by atoms with Gasteiger partial charge in [-0.15, -0.1) is 0 Å². The molecule has 2 N–H and O–H groups in total. The van der Waals surface area contributed by atoms with Gasteiger partial charge in [0.25, 0.3) is 0 Å². The molecule has 0 saturated heterocycles. The highest BCUT2D eigenvalue weighted by atomic mass is 35.5. The van der Waals surface area contributed by atoms with Gasteiger partial charge >= 0.3 is 6.03 Å². The van der Waals surface area contributed by atoms with Crippen molar-refractivity contribution in [3.05, 3.63) is 29.0 Å². The quantitative estimate of drug-likeness (QED) is 0.835. The van der Waals surface area contributed by atoms with E-state index >= 15 is 0 Å². The number of anilines is 1. The molecule has 17 heavy (non-hydrogen) atoms. The third-order valence-electron chi connectivity index (χ3n) is 2.87. The number of nitrogens with one attached hydrogen (secondary N) is 2. The van der Waals surface area contributed by atoms with Gasteiger partial charge in [0, 0.05) is 11.7 Å². The standard InChI is InChI=1S/C12H14ClFN2O/c13-10-7-9(5-6-11(10)14)16-12(17)15-8-3-1-2-4-8/h5-8H,1-4H2,(H2,15,16,17). The molecule has 0 spiro atoms. The van der Waals surface area contributed by atoms with Gasteiger partial charge in [-0.1, -0.05) is 24.4 Å². The van der Waals surface area contributed by atoms with E-state index in [1.54, 1.807) is 0 Å². The van der Waals surface area contributed by atoms with Crippen LogP contribution < -0.4 is 10.6 Å². The number of carbonyl (C=O) groups excluding carboxylic acids is 1. The van der Waals surface area contributed by atoms with E-state index in [0.717, 1.165) is 25.7 Å². The highest BCUT2D eigenvalue weighted by molar-refractivity contribution is 6.31. The van der Waals surface area contributed by atoms with E-state index in [4.69, 9.17) is 11.6 Å². The second-order valence-corrected chi connectivity index (χ2v) is 4.62. The van der Waals surface area contributed by atoms with Crippen molar-refractivity contribution in [2.24, 2.45) is 0 Å². The smallest absolute Gasteiger partial charge is 0.319 e. The molecule has 0 radical (unpaired) electrons. The van der Waals surface area contributed by atoms with Crippen molar-refractivity contribution in [1.29, 1.82) is 0 Å². The highest BCUT2D eigenvalue weighted by Gasteiger charge is 2.17. The molecule has 1 aliphatic carbocycles. The van der Waals surface area contributed by atoms with Crippen molar-refractivity contribution in [2.75, 3.05) is 5.32 Å². The van der Waals surface area contributed by atoms with Crippen LogP contribution in [-0.4, -0.2) is 12.1 Å². The van der Waals surface area contributed by atoms with Gasteiger partial charge in [-0.25, -0.2) is 9.18 Å². The summed E-state index contributed by atoms with van der Waals surface area (Å²) in [6, 6.07) is 4.10. The zero-order valence-electron chi connectivity index (χ0n) is 9.30. The third-order valence-corrected chi connectivity index (χ3v) is 3.16. The Morgan fingerprint density at radius 3 is 2.71 bits per heavy atom. The van der Waals surface area contributed by atoms with Crippen LogP contribution in [0.2, 0.25) is 5.02 Å². The maximum Gasteiger partial charge on any atom is 0.319 e. The van der Waals surface area contributed by atoms with Gasteiger partial charge in [0.05, 0.1) is 5.02 Å². The Labute approximate surface area is 104 Å². The largest absolute Gasteiger partial charge is 0.335 e. The molecule has 0 bridgehead atoms. The number of hydrogen-bond donors (Lipinski definition) is 2. The third kappa shape index (κ3) is 3.33. The molecule has 1 saturated carbocycles. The molecule has 0 atom stereocenters. The first-order valence-electron chi connectivity index (χ1n) is 5.68. The van der Waals surface area contributed by atoms with Crippen LogP contribution in [0.5, 0.6) is 0 Å². The number of rotatable bonds is 2. The minimum absolute atomic E-state index is 0.00339. The monoisotopic (exact) mass is 256 g/mol. The van der Waals surface area contributed by atoms with Crippen molar-refractivity contribution >= 4 is 23.3 Å². The highest BCUT2D eigenvalue weighted by Crippen LogP contribution is 2.20. The van der Waals surface area contributed by atoms with Gasteiger partial charge < -0.3 is 10.6 Å². The predicted octanol–water partition coefficient (Wildman–Crippen LogP) is 3.54. The van der Waals surface area contributed by atoms with Gasteiger partial charge in [0.15, 0.2) is 0 Å². The molecule has 1 fully saturated rings. The van der Waals surface area contributed by atoms with Gasteiger partial charge in [0.1, 0.15) is 5.82 Å². The van der Waals surface area contributed by atoms with Crippen molar-refractivity contribution in [1.82, 2.24) is 5.32 Å². The molecule has 0 aromatic heterocycles. The number of amides is 2. The number of urea groups is 1. The first-order valence-corrected chi connectivity index (χ1v) is 6.05. The summed E-state index contributed by atoms with van der Waals surface area (Å²) in [7, 11) is 0. The summed E-state index contributed by atoms with van der Waals surface area (Å²) in [6.07, 6.45) is 4.37. The normalized spacial score (nSPS) is 15.9. The van der Waals surface area contributed by atoms with E-state index < -0.39 is 5.82 Å². The van der Waals surface area contributed by atoms with Crippen molar-refractivity contribution in [3.63, 3.8) is 0 Å². The fourth-order valence-electron chi connectivity index (χ4n) is 2.00. The van der Waals surface area contributed by atoms with Crippen molar-refractivity contribution in [3.8, 4) is 0 Å². The maximum absolute atomic E-state index is 12.9. The average Bonchev–Trinajstić information content (AvgIpc) is 2.76. The second-order valence-electron chi connectivity index (χ2n) is 4.21. The lowest BCUT2D eigenvalue weighted by Crippen LogP contribution is -2.36. The molecule has 3 nitrogen and oxygen atoms in total. The van der Waals surface area contributed by atoms with E-state index in [1.165, 1.54) is 18.2 Å². The Morgan fingerprint density at radius 1 is 1.35 bits per heavy atom. The summed E-state index contributed by atoms with van der Waals surface area (Å²) in [4.78, 5) is 11.6. The van der Waals surface area contributed by atoms with Crippen LogP contribution in [0.15, 0.2) is 18.2 Å². The van der Waals surface area contributed by atoms with E-state index in [1.807, 2.05) is 0 Å². The summed E-state index contributed by atoms with van der Waals surface area (Å²) in [6.45, 7) is 0. The summed E-state index contributed by atoms with van der Waals surface area (Å²) < 4.78 is 12.9. The van der Waals surface area contributed by atoms with Crippen LogP contribution in [0.3, 0.4) is 0 Å². The molecule has 1 aromatic rings. The second kappa shape index (κ2) is 5.36. The Balaban J connectivity index is 1.90. The number of carbonyl (C=O) groups is 1. The molecule has 5 heteroatoms. The number of hydrogen-bond acceptors (Lipinski definition) is 1. The lowest BCUT2D eigenvalue weighted by Gasteiger charge is -2.13. The molecule has 1 aromatic carbocycles. The Morgan fingerprint density at radius 2 is 2.06 bits per heavy atom. The SMILES string of the molecule is O=C(Nc1ccc(F)c(Cl)c1)NC1CCCC1. The summed E-state index contributed by atoms with van der Waals surface area (Å²) in [5.41, 5.74) is 0.492. The van der Waals surface area contributed by atoms with Crippen LogP contribution in [0.25, 0.3) is 0 Å². The number of benzene rings is 1. The van der Waals surface area contributed by atoms with Gasteiger partial charge in [-0.2, -0.15) is 0 Å². The molecule has 1 aliphatic rings. The fraction of sp³-hybridized carbons (Fsp3) is 0.417. The summed E-state index contributed by atoms with van der Waals surface area (Å²) in [5, 5.41) is 5.51. The average molecular weight is 257 g/mol. The van der Waals surface area contributed by atoms with Crippen LogP contribution in [-0.2, 0) is 0 Å². The minimum atomic E-state index is -0.492. The molecule has 2 amide bonds. The van der Waals surface area contributed by atoms with Gasteiger partial charge in [0.2, 0.25) is 0 Å². The lowest BCUT2D eigenvalue weighted by molar-refractivity contribution is 0.248. The van der Waals surface area contributed by atoms with E-state index in [-0.39, 0.29) is 17.1 Å². The molecule has 0 aliphatic heterocycles. The minimum Gasteiger partial charge on any atom is -0.335 e. The molecular formula is C12H14ClFN2O.